The van der Waals surface area contributed by atoms with E-state index in [-0.39, 0.29) is 17.8 Å². The Morgan fingerprint density at radius 2 is 2.12 bits per heavy atom. The van der Waals surface area contributed by atoms with Gasteiger partial charge in [-0.2, -0.15) is 0 Å². The molecule has 2 fully saturated rings. The summed E-state index contributed by atoms with van der Waals surface area (Å²) in [6.45, 7) is 7.02. The zero-order chi connectivity index (χ0) is 22.8. The summed E-state index contributed by atoms with van der Waals surface area (Å²) in [6.07, 6.45) is 3.91. The van der Waals surface area contributed by atoms with Gasteiger partial charge in [0.2, 0.25) is 0 Å². The maximum atomic E-state index is 13.5. The van der Waals surface area contributed by atoms with Gasteiger partial charge in [0.05, 0.1) is 16.4 Å². The summed E-state index contributed by atoms with van der Waals surface area (Å²) in [5.41, 5.74) is 1.88. The number of hydrogen-bond donors (Lipinski definition) is 1. The molecule has 0 unspecified atom stereocenters. The molecule has 2 aromatic heterocycles. The lowest BCUT2D eigenvalue weighted by molar-refractivity contribution is 0.0632. The van der Waals surface area contributed by atoms with Crippen molar-refractivity contribution in [2.45, 2.75) is 32.4 Å². The van der Waals surface area contributed by atoms with Crippen LogP contribution in [0.5, 0.6) is 0 Å². The van der Waals surface area contributed by atoms with E-state index in [2.05, 4.69) is 20.2 Å². The molecule has 0 radical (unpaired) electrons. The minimum absolute atomic E-state index is 0.0472. The summed E-state index contributed by atoms with van der Waals surface area (Å²) in [5.74, 6) is 0.600. The number of aromatic nitrogens is 2. The number of piperazine rings is 1. The lowest BCUT2D eigenvalue weighted by Gasteiger charge is -2.34. The van der Waals surface area contributed by atoms with Gasteiger partial charge >= 0.3 is 0 Å². The molecule has 1 atom stereocenters. The maximum absolute atomic E-state index is 13.5. The van der Waals surface area contributed by atoms with Crippen LogP contribution in [0.15, 0.2) is 30.6 Å². The highest BCUT2D eigenvalue weighted by Gasteiger charge is 2.27. The fraction of sp³-hybridized carbons (Fsp3) is 0.458. The van der Waals surface area contributed by atoms with E-state index in [1.165, 1.54) is 17.4 Å². The van der Waals surface area contributed by atoms with Crippen LogP contribution in [0.25, 0.3) is 10.2 Å². The first kappa shape index (κ1) is 22.2. The van der Waals surface area contributed by atoms with E-state index in [0.29, 0.717) is 26.2 Å². The quantitative estimate of drug-likeness (QED) is 0.594. The van der Waals surface area contributed by atoms with E-state index in [1.54, 1.807) is 18.5 Å². The Labute approximate surface area is 196 Å². The Morgan fingerprint density at radius 3 is 2.88 bits per heavy atom. The molecule has 174 valence electrons. The number of carbonyl (C=O) groups is 1. The highest BCUT2D eigenvalue weighted by Crippen LogP contribution is 2.34. The second-order valence-electron chi connectivity index (χ2n) is 8.67. The SMILES string of the molecule is Cc1c(C(=O)N2CCN(Cc3cccc(F)c3)CC2)sc2ncnc(NC[C@H]3CCCO3)c12. The molecular weight excluding hydrogens is 441 g/mol. The number of ether oxygens (including phenoxy) is 1. The fourth-order valence-electron chi connectivity index (χ4n) is 4.57. The van der Waals surface area contributed by atoms with Gasteiger partial charge in [-0.3, -0.25) is 9.69 Å². The summed E-state index contributed by atoms with van der Waals surface area (Å²) < 4.78 is 19.2. The van der Waals surface area contributed by atoms with Crippen molar-refractivity contribution in [2.75, 3.05) is 44.6 Å². The Bertz CT molecular complexity index is 1140. The van der Waals surface area contributed by atoms with Gasteiger partial charge in [0, 0.05) is 45.9 Å². The number of halogens is 1. The lowest BCUT2D eigenvalue weighted by Crippen LogP contribution is -2.48. The highest BCUT2D eigenvalue weighted by atomic mass is 32.1. The van der Waals surface area contributed by atoms with E-state index in [1.807, 2.05) is 17.9 Å². The molecule has 1 aromatic carbocycles. The topological polar surface area (TPSA) is 70.6 Å². The molecular formula is C24H28FN5O2S. The van der Waals surface area contributed by atoms with Gasteiger partial charge in [0.25, 0.3) is 5.91 Å². The summed E-state index contributed by atoms with van der Waals surface area (Å²) >= 11 is 1.43. The Hall–Kier alpha value is -2.62. The minimum Gasteiger partial charge on any atom is -0.376 e. The van der Waals surface area contributed by atoms with Crippen molar-refractivity contribution in [3.05, 3.63) is 52.4 Å². The molecule has 33 heavy (non-hydrogen) atoms. The number of fused-ring (bicyclic) bond motifs is 1. The number of nitrogens with zero attached hydrogens (tertiary/aromatic N) is 4. The summed E-state index contributed by atoms with van der Waals surface area (Å²) in [4.78, 5) is 27.9. The zero-order valence-corrected chi connectivity index (χ0v) is 19.5. The Kier molecular flexibility index (Phi) is 6.52. The average molecular weight is 470 g/mol. The molecule has 1 N–H and O–H groups in total. The van der Waals surface area contributed by atoms with E-state index < -0.39 is 0 Å². The molecule has 7 nitrogen and oxygen atoms in total. The zero-order valence-electron chi connectivity index (χ0n) is 18.7. The van der Waals surface area contributed by atoms with Crippen LogP contribution in [-0.4, -0.2) is 71.1 Å². The van der Waals surface area contributed by atoms with Crippen LogP contribution in [0.4, 0.5) is 10.2 Å². The number of anilines is 1. The first-order chi connectivity index (χ1) is 16.1. The van der Waals surface area contributed by atoms with Gasteiger partial charge in [-0.1, -0.05) is 12.1 Å². The summed E-state index contributed by atoms with van der Waals surface area (Å²) in [6, 6.07) is 6.71. The number of hydrogen-bond acceptors (Lipinski definition) is 7. The fourth-order valence-corrected chi connectivity index (χ4v) is 5.69. The predicted octanol–water partition coefficient (Wildman–Crippen LogP) is 3.69. The second kappa shape index (κ2) is 9.70. The third-order valence-electron chi connectivity index (χ3n) is 6.40. The molecule has 0 spiro atoms. The van der Waals surface area contributed by atoms with Crippen LogP contribution in [0.2, 0.25) is 0 Å². The standard InChI is InChI=1S/C24H28FN5O2S/c1-16-20-22(26-13-19-6-3-11-32-19)27-15-28-23(20)33-21(16)24(31)30-9-7-29(8-10-30)14-17-4-2-5-18(25)12-17/h2,4-5,12,15,19H,3,6-11,13-14H2,1H3,(H,26,27,28)/t19-/m1/s1. The Balaban J connectivity index is 1.26. The molecule has 5 rings (SSSR count). The van der Waals surface area contributed by atoms with Crippen molar-refractivity contribution in [3.8, 4) is 0 Å². The molecule has 2 aliphatic rings. The van der Waals surface area contributed by atoms with Gasteiger partial charge in [-0.25, -0.2) is 14.4 Å². The van der Waals surface area contributed by atoms with Crippen molar-refractivity contribution in [3.63, 3.8) is 0 Å². The van der Waals surface area contributed by atoms with Gasteiger partial charge in [-0.05, 0) is 43.0 Å². The van der Waals surface area contributed by atoms with E-state index in [0.717, 1.165) is 64.6 Å². The van der Waals surface area contributed by atoms with E-state index in [9.17, 15) is 9.18 Å². The van der Waals surface area contributed by atoms with E-state index >= 15 is 0 Å². The lowest BCUT2D eigenvalue weighted by atomic mass is 10.1. The molecule has 9 heteroatoms. The van der Waals surface area contributed by atoms with Gasteiger partial charge in [0.1, 0.15) is 22.8 Å². The molecule has 0 saturated carbocycles. The van der Waals surface area contributed by atoms with Crippen molar-refractivity contribution in [1.82, 2.24) is 19.8 Å². The Morgan fingerprint density at radius 1 is 1.27 bits per heavy atom. The molecule has 2 saturated heterocycles. The molecule has 0 bridgehead atoms. The number of amides is 1. The van der Waals surface area contributed by atoms with Gasteiger partial charge in [-0.15, -0.1) is 11.3 Å². The van der Waals surface area contributed by atoms with Crippen molar-refractivity contribution < 1.29 is 13.9 Å². The van der Waals surface area contributed by atoms with Crippen LogP contribution in [-0.2, 0) is 11.3 Å². The van der Waals surface area contributed by atoms with Gasteiger partial charge in [0.15, 0.2) is 0 Å². The number of carbonyl (C=O) groups excluding carboxylic acids is 1. The first-order valence-corrected chi connectivity index (χ1v) is 12.3. The summed E-state index contributed by atoms with van der Waals surface area (Å²) in [5, 5.41) is 4.33. The van der Waals surface area contributed by atoms with Gasteiger partial charge < -0.3 is 15.0 Å². The number of thiophene rings is 1. The largest absolute Gasteiger partial charge is 0.376 e. The molecule has 4 heterocycles. The summed E-state index contributed by atoms with van der Waals surface area (Å²) in [7, 11) is 0. The average Bonchev–Trinajstić information content (AvgIpc) is 3.46. The van der Waals surface area contributed by atoms with Crippen molar-refractivity contribution >= 4 is 33.3 Å². The smallest absolute Gasteiger partial charge is 0.264 e. The number of nitrogens with one attached hydrogen (secondary N) is 1. The van der Waals surface area contributed by atoms with Crippen LogP contribution in [0.3, 0.4) is 0 Å². The third kappa shape index (κ3) is 4.85. The van der Waals surface area contributed by atoms with Crippen LogP contribution >= 0.6 is 11.3 Å². The number of rotatable bonds is 6. The monoisotopic (exact) mass is 469 g/mol. The van der Waals surface area contributed by atoms with E-state index in [4.69, 9.17) is 4.74 Å². The molecule has 2 aliphatic heterocycles. The van der Waals surface area contributed by atoms with Crippen LogP contribution in [0, 0.1) is 12.7 Å². The normalized spacial score (nSPS) is 19.3. The first-order valence-electron chi connectivity index (χ1n) is 11.4. The maximum Gasteiger partial charge on any atom is 0.264 e. The minimum atomic E-state index is -0.214. The molecule has 1 amide bonds. The predicted molar refractivity (Wildman–Crippen MR) is 127 cm³/mol. The van der Waals surface area contributed by atoms with Crippen molar-refractivity contribution in [1.29, 1.82) is 0 Å². The molecule has 3 aromatic rings. The van der Waals surface area contributed by atoms with Crippen molar-refractivity contribution in [2.24, 2.45) is 0 Å². The highest BCUT2D eigenvalue weighted by molar-refractivity contribution is 7.20. The molecule has 0 aliphatic carbocycles. The van der Waals surface area contributed by atoms with Crippen LogP contribution in [0.1, 0.15) is 33.6 Å². The van der Waals surface area contributed by atoms with Crippen LogP contribution < -0.4 is 5.32 Å². The number of aryl methyl sites for hydroxylation is 1. The number of benzene rings is 1. The second-order valence-corrected chi connectivity index (χ2v) is 9.67. The third-order valence-corrected chi connectivity index (χ3v) is 7.58.